The minimum absolute atomic E-state index is 0.975. The van der Waals surface area contributed by atoms with Crippen LogP contribution in [0.15, 0.2) is 70.8 Å². The van der Waals surface area contributed by atoms with Crippen molar-refractivity contribution in [3.63, 3.8) is 0 Å². The standard InChI is InChI=1S/C22H17Cl/c23-17-10-7-14(8-11-17)16-9-12-18-19-5-1-3-15-4-2-6-20(22(15)19)21(18)13-16/h1-7,10,13H,8-9,11-12H2. The molecule has 0 fully saturated rings. The van der Waals surface area contributed by atoms with Crippen LogP contribution in [0.2, 0.25) is 0 Å². The predicted molar refractivity (Wildman–Crippen MR) is 99.3 cm³/mol. The Morgan fingerprint density at radius 3 is 2.30 bits per heavy atom. The third kappa shape index (κ3) is 1.98. The van der Waals surface area contributed by atoms with E-state index < -0.39 is 0 Å². The van der Waals surface area contributed by atoms with Gasteiger partial charge in [0.25, 0.3) is 0 Å². The Morgan fingerprint density at radius 2 is 1.52 bits per heavy atom. The van der Waals surface area contributed by atoms with E-state index in [1.807, 2.05) is 0 Å². The second-order valence-corrected chi connectivity index (χ2v) is 7.06. The maximum Gasteiger partial charge on any atom is 0.0184 e. The molecule has 0 atom stereocenters. The summed E-state index contributed by atoms with van der Waals surface area (Å²) in [5.41, 5.74) is 8.79. The summed E-state index contributed by atoms with van der Waals surface area (Å²) < 4.78 is 0. The van der Waals surface area contributed by atoms with E-state index in [-0.39, 0.29) is 0 Å². The van der Waals surface area contributed by atoms with Gasteiger partial charge in [-0.3, -0.25) is 0 Å². The van der Waals surface area contributed by atoms with Gasteiger partial charge in [0.1, 0.15) is 0 Å². The number of fused-ring (bicyclic) bond motifs is 2. The van der Waals surface area contributed by atoms with Crippen molar-refractivity contribution in [2.75, 3.05) is 0 Å². The van der Waals surface area contributed by atoms with Crippen molar-refractivity contribution in [1.29, 1.82) is 0 Å². The van der Waals surface area contributed by atoms with E-state index in [1.165, 1.54) is 44.2 Å². The fourth-order valence-corrected chi connectivity index (χ4v) is 4.35. The van der Waals surface area contributed by atoms with Crippen LogP contribution in [0.3, 0.4) is 0 Å². The van der Waals surface area contributed by atoms with Gasteiger partial charge in [-0.1, -0.05) is 60.2 Å². The molecule has 2 aromatic carbocycles. The number of rotatable bonds is 1. The molecule has 0 aliphatic heterocycles. The van der Waals surface area contributed by atoms with Crippen LogP contribution >= 0.6 is 11.6 Å². The van der Waals surface area contributed by atoms with Gasteiger partial charge in [0.15, 0.2) is 0 Å². The lowest BCUT2D eigenvalue weighted by atomic mass is 9.85. The molecule has 0 amide bonds. The zero-order valence-corrected chi connectivity index (χ0v) is 13.7. The van der Waals surface area contributed by atoms with E-state index in [4.69, 9.17) is 11.6 Å². The summed E-state index contributed by atoms with van der Waals surface area (Å²) >= 11 is 6.11. The Labute approximate surface area is 141 Å². The maximum atomic E-state index is 6.11. The van der Waals surface area contributed by atoms with E-state index >= 15 is 0 Å². The highest BCUT2D eigenvalue weighted by Gasteiger charge is 2.26. The number of halogens is 1. The summed E-state index contributed by atoms with van der Waals surface area (Å²) in [5, 5.41) is 3.78. The molecule has 2 aromatic rings. The summed E-state index contributed by atoms with van der Waals surface area (Å²) in [7, 11) is 0. The molecule has 0 nitrogen and oxygen atoms in total. The smallest absolute Gasteiger partial charge is 0.0184 e. The van der Waals surface area contributed by atoms with Gasteiger partial charge in [0, 0.05) is 5.03 Å². The highest BCUT2D eigenvalue weighted by molar-refractivity contribution is 6.29. The van der Waals surface area contributed by atoms with Crippen molar-refractivity contribution >= 4 is 33.5 Å². The minimum Gasteiger partial charge on any atom is -0.0891 e. The van der Waals surface area contributed by atoms with Crippen molar-refractivity contribution in [3.05, 3.63) is 81.9 Å². The molecule has 1 heteroatoms. The molecule has 0 unspecified atom stereocenters. The quantitative estimate of drug-likeness (QED) is 0.554. The largest absolute Gasteiger partial charge is 0.0891 e. The molecule has 0 heterocycles. The Bertz CT molecular complexity index is 961. The van der Waals surface area contributed by atoms with E-state index in [1.54, 1.807) is 0 Å². The zero-order chi connectivity index (χ0) is 15.4. The Balaban J connectivity index is 1.67. The summed E-state index contributed by atoms with van der Waals surface area (Å²) in [4.78, 5) is 0. The molecular formula is C22H17Cl. The SMILES string of the molecule is ClC1=CC=C(C2=CC3=C(CC2)c2cccc4cccc3c24)CC1. The molecular weight excluding hydrogens is 300 g/mol. The minimum atomic E-state index is 0.975. The summed E-state index contributed by atoms with van der Waals surface area (Å²) in [6.45, 7) is 0. The summed E-state index contributed by atoms with van der Waals surface area (Å²) in [5.74, 6) is 0. The van der Waals surface area contributed by atoms with Crippen LogP contribution in [0.4, 0.5) is 0 Å². The first-order chi connectivity index (χ1) is 11.3. The molecule has 0 N–H and O–H groups in total. The topological polar surface area (TPSA) is 0 Å². The second-order valence-electron chi connectivity index (χ2n) is 6.58. The van der Waals surface area contributed by atoms with Crippen molar-refractivity contribution in [2.24, 2.45) is 0 Å². The van der Waals surface area contributed by atoms with Gasteiger partial charge < -0.3 is 0 Å². The normalized spacial score (nSPS) is 19.4. The molecule has 0 spiro atoms. The Morgan fingerprint density at radius 1 is 0.739 bits per heavy atom. The van der Waals surface area contributed by atoms with Gasteiger partial charge in [0.2, 0.25) is 0 Å². The second kappa shape index (κ2) is 4.97. The average Bonchev–Trinajstić information content (AvgIpc) is 2.92. The number of hydrogen-bond acceptors (Lipinski definition) is 0. The third-order valence-electron chi connectivity index (χ3n) is 5.32. The van der Waals surface area contributed by atoms with E-state index in [0.29, 0.717) is 0 Å². The first-order valence-corrected chi connectivity index (χ1v) is 8.71. The van der Waals surface area contributed by atoms with Gasteiger partial charge in [-0.25, -0.2) is 0 Å². The number of allylic oxidation sites excluding steroid dienone is 8. The number of benzene rings is 2. The lowest BCUT2D eigenvalue weighted by Gasteiger charge is -2.20. The Hall–Kier alpha value is -2.05. The molecule has 112 valence electrons. The van der Waals surface area contributed by atoms with Crippen LogP contribution in [0, 0.1) is 0 Å². The van der Waals surface area contributed by atoms with E-state index in [0.717, 1.165) is 30.7 Å². The fraction of sp³-hybridized carbons (Fsp3) is 0.182. The molecule has 23 heavy (non-hydrogen) atoms. The van der Waals surface area contributed by atoms with Crippen molar-refractivity contribution in [3.8, 4) is 0 Å². The van der Waals surface area contributed by atoms with Crippen LogP contribution in [0.1, 0.15) is 36.8 Å². The lowest BCUT2D eigenvalue weighted by Crippen LogP contribution is -2.00. The number of hydrogen-bond donors (Lipinski definition) is 0. The van der Waals surface area contributed by atoms with Gasteiger partial charge in [-0.15, -0.1) is 0 Å². The summed E-state index contributed by atoms with van der Waals surface area (Å²) in [6.07, 6.45) is 11.0. The first-order valence-electron chi connectivity index (χ1n) is 8.33. The lowest BCUT2D eigenvalue weighted by molar-refractivity contribution is 0.900. The fourth-order valence-electron chi connectivity index (χ4n) is 4.20. The van der Waals surface area contributed by atoms with Gasteiger partial charge >= 0.3 is 0 Å². The molecule has 0 saturated carbocycles. The van der Waals surface area contributed by atoms with Crippen LogP contribution in [0.25, 0.3) is 21.9 Å². The predicted octanol–water partition coefficient (Wildman–Crippen LogP) is 6.63. The molecule has 5 rings (SSSR count). The van der Waals surface area contributed by atoms with Crippen LogP contribution in [-0.4, -0.2) is 0 Å². The van der Waals surface area contributed by atoms with Crippen molar-refractivity contribution in [2.45, 2.75) is 25.7 Å². The highest BCUT2D eigenvalue weighted by atomic mass is 35.5. The molecule has 3 aliphatic carbocycles. The average molecular weight is 317 g/mol. The molecule has 0 bridgehead atoms. The molecule has 0 aromatic heterocycles. The monoisotopic (exact) mass is 316 g/mol. The summed E-state index contributed by atoms with van der Waals surface area (Å²) in [6, 6.07) is 13.4. The van der Waals surface area contributed by atoms with Gasteiger partial charge in [0.05, 0.1) is 0 Å². The zero-order valence-electron chi connectivity index (χ0n) is 12.9. The van der Waals surface area contributed by atoms with Crippen molar-refractivity contribution < 1.29 is 0 Å². The van der Waals surface area contributed by atoms with E-state index in [9.17, 15) is 0 Å². The van der Waals surface area contributed by atoms with Crippen LogP contribution in [0.5, 0.6) is 0 Å². The van der Waals surface area contributed by atoms with Gasteiger partial charge in [-0.2, -0.15) is 0 Å². The molecule has 3 aliphatic rings. The third-order valence-corrected chi connectivity index (χ3v) is 5.63. The molecule has 0 radical (unpaired) electrons. The van der Waals surface area contributed by atoms with Crippen molar-refractivity contribution in [1.82, 2.24) is 0 Å². The molecule has 0 saturated heterocycles. The maximum absolute atomic E-state index is 6.11. The first kappa shape index (κ1) is 13.4. The Kier molecular flexibility index (Phi) is 2.90. The highest BCUT2D eigenvalue weighted by Crippen LogP contribution is 2.48. The van der Waals surface area contributed by atoms with Crippen LogP contribution < -0.4 is 0 Å². The van der Waals surface area contributed by atoms with Gasteiger partial charge in [-0.05, 0) is 76.0 Å². The van der Waals surface area contributed by atoms with Crippen LogP contribution in [-0.2, 0) is 0 Å². The van der Waals surface area contributed by atoms with E-state index in [2.05, 4.69) is 54.6 Å².